The van der Waals surface area contributed by atoms with Crippen molar-refractivity contribution in [2.45, 2.75) is 37.3 Å². The zero-order chi connectivity index (χ0) is 27.8. The van der Waals surface area contributed by atoms with Gasteiger partial charge in [0.15, 0.2) is 28.8 Å². The van der Waals surface area contributed by atoms with Crippen LogP contribution in [0.5, 0.6) is 5.75 Å². The third-order valence-corrected chi connectivity index (χ3v) is 8.47. The fourth-order valence-corrected chi connectivity index (χ4v) is 6.19. The Morgan fingerprint density at radius 3 is 2.58 bits per heavy atom. The number of halogens is 2. The molecule has 4 aliphatic rings. The summed E-state index contributed by atoms with van der Waals surface area (Å²) in [4.78, 5) is 49.1. The topological polar surface area (TPSA) is 108 Å². The molecular formula is C28H27F2N5O5. The fraction of sp³-hybridized carbons (Fsp3) is 0.429. The van der Waals surface area contributed by atoms with Gasteiger partial charge < -0.3 is 19.0 Å². The van der Waals surface area contributed by atoms with Gasteiger partial charge in [-0.3, -0.25) is 24.6 Å². The molecule has 7 rings (SSSR count). The average molecular weight is 552 g/mol. The maximum Gasteiger partial charge on any atom is 0.257 e. The molecule has 0 bridgehead atoms. The minimum absolute atomic E-state index is 0.0440. The molecule has 0 unspecified atom stereocenters. The SMILES string of the molecule is COc1ccc2c(c1F)C(=O)N(C[C@@]1(c3cc4nc(N5CCN(C6CC6)CC5)c(F)cc4o3)CC(=O)NC1=O)C2. The van der Waals surface area contributed by atoms with Crippen molar-refractivity contribution < 1.29 is 32.3 Å². The van der Waals surface area contributed by atoms with E-state index in [9.17, 15) is 18.8 Å². The largest absolute Gasteiger partial charge is 0.494 e. The number of rotatable bonds is 6. The minimum atomic E-state index is -1.58. The van der Waals surface area contributed by atoms with Crippen LogP contribution in [0.15, 0.2) is 28.7 Å². The van der Waals surface area contributed by atoms with Gasteiger partial charge in [0.2, 0.25) is 11.8 Å². The molecule has 2 saturated heterocycles. The summed E-state index contributed by atoms with van der Waals surface area (Å²) in [5.74, 6) is -2.86. The van der Waals surface area contributed by atoms with Gasteiger partial charge in [-0.25, -0.2) is 13.8 Å². The molecule has 12 heteroatoms. The van der Waals surface area contributed by atoms with E-state index in [2.05, 4.69) is 15.2 Å². The first-order valence-corrected chi connectivity index (χ1v) is 13.4. The first-order valence-electron chi connectivity index (χ1n) is 13.4. The number of methoxy groups -OCH3 is 1. The summed E-state index contributed by atoms with van der Waals surface area (Å²) in [6.07, 6.45) is 2.15. The third kappa shape index (κ3) is 3.84. The molecule has 40 heavy (non-hydrogen) atoms. The van der Waals surface area contributed by atoms with E-state index in [0.717, 1.165) is 13.1 Å². The predicted molar refractivity (Wildman–Crippen MR) is 138 cm³/mol. The maximum absolute atomic E-state index is 15.2. The van der Waals surface area contributed by atoms with E-state index in [1.54, 1.807) is 6.07 Å². The quantitative estimate of drug-likeness (QED) is 0.466. The number of imide groups is 1. The van der Waals surface area contributed by atoms with Crippen LogP contribution in [0.2, 0.25) is 0 Å². The first kappa shape index (κ1) is 24.9. The second-order valence-corrected chi connectivity index (χ2v) is 11.0. The van der Waals surface area contributed by atoms with Gasteiger partial charge in [-0.05, 0) is 24.5 Å². The zero-order valence-corrected chi connectivity index (χ0v) is 21.8. The van der Waals surface area contributed by atoms with Crippen LogP contribution in [-0.2, 0) is 21.5 Å². The summed E-state index contributed by atoms with van der Waals surface area (Å²) in [7, 11) is 1.31. The average Bonchev–Trinajstić information content (AvgIpc) is 3.54. The predicted octanol–water partition coefficient (Wildman–Crippen LogP) is 2.34. The van der Waals surface area contributed by atoms with Crippen LogP contribution in [0.3, 0.4) is 0 Å². The Morgan fingerprint density at radius 2 is 1.90 bits per heavy atom. The van der Waals surface area contributed by atoms with Gasteiger partial charge in [-0.1, -0.05) is 6.07 Å². The van der Waals surface area contributed by atoms with Gasteiger partial charge in [0.25, 0.3) is 5.91 Å². The molecule has 0 spiro atoms. The molecule has 1 atom stereocenters. The van der Waals surface area contributed by atoms with Crippen LogP contribution in [0.1, 0.15) is 40.9 Å². The molecule has 5 heterocycles. The Hall–Kier alpha value is -4.06. The molecule has 1 aliphatic carbocycles. The van der Waals surface area contributed by atoms with Crippen molar-refractivity contribution in [1.29, 1.82) is 0 Å². The molecule has 1 aromatic carbocycles. The molecule has 3 fully saturated rings. The number of nitrogens with zero attached hydrogens (tertiary/aromatic N) is 4. The molecule has 3 amide bonds. The van der Waals surface area contributed by atoms with E-state index in [0.29, 0.717) is 30.2 Å². The molecule has 1 N–H and O–H groups in total. The monoisotopic (exact) mass is 551 g/mol. The van der Waals surface area contributed by atoms with Crippen molar-refractivity contribution in [2.75, 3.05) is 44.7 Å². The van der Waals surface area contributed by atoms with E-state index in [1.807, 2.05) is 4.90 Å². The Kier molecular flexibility index (Phi) is 5.60. The van der Waals surface area contributed by atoms with Crippen LogP contribution in [0.25, 0.3) is 11.1 Å². The second-order valence-electron chi connectivity index (χ2n) is 11.0. The Bertz CT molecular complexity index is 1580. The molecule has 208 valence electrons. The van der Waals surface area contributed by atoms with Crippen LogP contribution in [0, 0.1) is 11.6 Å². The Morgan fingerprint density at radius 1 is 1.12 bits per heavy atom. The van der Waals surface area contributed by atoms with Crippen molar-refractivity contribution >= 4 is 34.6 Å². The Labute approximate surface area is 227 Å². The number of pyridine rings is 1. The van der Waals surface area contributed by atoms with Gasteiger partial charge in [-0.2, -0.15) is 0 Å². The number of aromatic nitrogens is 1. The highest BCUT2D eigenvalue weighted by Gasteiger charge is 2.53. The standard InChI is InChI=1S/C28H27F2N5O5/c1-39-19-5-2-15-13-35(26(37)23(15)24(19)30)14-28(12-22(36)32-27(28)38)21-11-18-20(40-21)10-17(29)25(31-18)34-8-6-33(7-9-34)16-3-4-16/h2,5,10-11,16H,3-4,6-9,12-14H2,1H3,(H,32,36,38)/t28-/m1/s1. The second kappa shape index (κ2) is 8.98. The van der Waals surface area contributed by atoms with Crippen LogP contribution in [-0.4, -0.2) is 78.4 Å². The van der Waals surface area contributed by atoms with Crippen molar-refractivity contribution in [2.24, 2.45) is 0 Å². The van der Waals surface area contributed by atoms with E-state index >= 15 is 4.39 Å². The molecule has 3 aliphatic heterocycles. The van der Waals surface area contributed by atoms with Crippen molar-refractivity contribution in [3.05, 3.63) is 52.8 Å². The lowest BCUT2D eigenvalue weighted by Gasteiger charge is -2.35. The normalized spacial score (nSPS) is 23.3. The lowest BCUT2D eigenvalue weighted by Crippen LogP contribution is -2.47. The summed E-state index contributed by atoms with van der Waals surface area (Å²) in [5, 5.41) is 2.31. The minimum Gasteiger partial charge on any atom is -0.494 e. The van der Waals surface area contributed by atoms with Gasteiger partial charge >= 0.3 is 0 Å². The number of carbonyl (C=O) groups excluding carboxylic acids is 3. The number of carbonyl (C=O) groups is 3. The number of hydrogen-bond acceptors (Lipinski definition) is 8. The number of amides is 3. The third-order valence-electron chi connectivity index (χ3n) is 8.47. The molecule has 3 aromatic rings. The molecule has 1 saturated carbocycles. The fourth-order valence-electron chi connectivity index (χ4n) is 6.19. The van der Waals surface area contributed by atoms with E-state index in [-0.39, 0.29) is 48.0 Å². The number of anilines is 1. The van der Waals surface area contributed by atoms with Crippen molar-refractivity contribution in [3.8, 4) is 5.75 Å². The smallest absolute Gasteiger partial charge is 0.257 e. The van der Waals surface area contributed by atoms with E-state index < -0.39 is 34.8 Å². The van der Waals surface area contributed by atoms with E-state index in [1.165, 1.54) is 43.1 Å². The lowest BCUT2D eigenvalue weighted by atomic mass is 9.82. The van der Waals surface area contributed by atoms with Gasteiger partial charge in [-0.15, -0.1) is 0 Å². The van der Waals surface area contributed by atoms with Gasteiger partial charge in [0.1, 0.15) is 16.7 Å². The number of ether oxygens (including phenoxy) is 1. The van der Waals surface area contributed by atoms with Crippen LogP contribution < -0.4 is 15.0 Å². The highest BCUT2D eigenvalue weighted by molar-refractivity contribution is 6.10. The maximum atomic E-state index is 15.2. The lowest BCUT2D eigenvalue weighted by molar-refractivity contribution is -0.127. The van der Waals surface area contributed by atoms with Gasteiger partial charge in [0, 0.05) is 57.4 Å². The van der Waals surface area contributed by atoms with Gasteiger partial charge in [0.05, 0.1) is 19.1 Å². The molecule has 0 radical (unpaired) electrons. The molecule has 2 aromatic heterocycles. The van der Waals surface area contributed by atoms with Crippen molar-refractivity contribution in [3.63, 3.8) is 0 Å². The number of hydrogen-bond donors (Lipinski definition) is 1. The highest BCUT2D eigenvalue weighted by atomic mass is 19.1. The number of benzene rings is 1. The van der Waals surface area contributed by atoms with Crippen LogP contribution >= 0.6 is 0 Å². The molecular weight excluding hydrogens is 524 g/mol. The first-order chi connectivity index (χ1) is 19.3. The number of nitrogens with one attached hydrogen (secondary N) is 1. The highest BCUT2D eigenvalue weighted by Crippen LogP contribution is 2.40. The number of fused-ring (bicyclic) bond motifs is 2. The summed E-state index contributed by atoms with van der Waals surface area (Å²) in [5.41, 5.74) is -0.787. The summed E-state index contributed by atoms with van der Waals surface area (Å²) < 4.78 is 41.1. The molecule has 10 nitrogen and oxygen atoms in total. The van der Waals surface area contributed by atoms with Crippen molar-refractivity contribution in [1.82, 2.24) is 20.1 Å². The van der Waals surface area contributed by atoms with E-state index in [4.69, 9.17) is 9.15 Å². The summed E-state index contributed by atoms with van der Waals surface area (Å²) in [6, 6.07) is 6.46. The Balaban J connectivity index is 1.21. The number of furan rings is 1. The number of piperazine rings is 1. The summed E-state index contributed by atoms with van der Waals surface area (Å²) in [6.45, 7) is 2.78. The zero-order valence-electron chi connectivity index (χ0n) is 21.8. The summed E-state index contributed by atoms with van der Waals surface area (Å²) >= 11 is 0. The van der Waals surface area contributed by atoms with Crippen LogP contribution in [0.4, 0.5) is 14.6 Å².